The van der Waals surface area contributed by atoms with Crippen LogP contribution in [-0.4, -0.2) is 65.8 Å². The van der Waals surface area contributed by atoms with E-state index in [4.69, 9.17) is 24.3 Å². The minimum atomic E-state index is -4.38. The minimum Gasteiger partial charge on any atom is -0.498 e. The predicted octanol–water partition coefficient (Wildman–Crippen LogP) is 10.3. The second kappa shape index (κ2) is 39.0. The maximum absolute atomic E-state index is 12.6. The Morgan fingerprint density at radius 3 is 1.81 bits per heavy atom. The van der Waals surface area contributed by atoms with Crippen LogP contribution in [0.3, 0.4) is 0 Å². The molecule has 0 aromatic rings. The number of phosphoric ester groups is 1. The zero-order valence-electron chi connectivity index (χ0n) is 33.7. The van der Waals surface area contributed by atoms with Crippen LogP contribution in [0.2, 0.25) is 0 Å². The number of unbranched alkanes of at least 4 members (excludes halogenated alkanes) is 11. The fourth-order valence-electron chi connectivity index (χ4n) is 5.22. The molecule has 10 nitrogen and oxygen atoms in total. The number of rotatable bonds is 38. The van der Waals surface area contributed by atoms with Gasteiger partial charge in [-0.05, 0) is 89.5 Å². The van der Waals surface area contributed by atoms with Crippen LogP contribution in [-0.2, 0) is 27.9 Å². The number of nitrogens with two attached hydrogens (primary N) is 1. The van der Waals surface area contributed by atoms with Gasteiger partial charge in [0, 0.05) is 13.0 Å². The number of hydrogen-bond acceptors (Lipinski definition) is 9. The lowest BCUT2D eigenvalue weighted by Gasteiger charge is -2.20. The SMILES string of the molecule is CC/C=C\C/C=C\C/C=C\C/C=C\C[C@@H](O)[C@H](O)CCCC(=O)O[C@H](CO/C=C/CCCCCC/C=C\CCCCCCCC)COP(=O)(O)OCCN. The van der Waals surface area contributed by atoms with E-state index in [1.807, 2.05) is 18.2 Å². The number of allylic oxidation sites excluding steroid dienone is 10. The van der Waals surface area contributed by atoms with Crippen molar-refractivity contribution >= 4 is 13.8 Å². The quantitative estimate of drug-likeness (QED) is 0.0156. The van der Waals surface area contributed by atoms with Crippen LogP contribution in [0.1, 0.15) is 149 Å². The number of aliphatic hydroxyl groups excluding tert-OH is 2. The molecule has 0 heterocycles. The molecule has 1 unspecified atom stereocenters. The highest BCUT2D eigenvalue weighted by atomic mass is 31.2. The standard InChI is InChI=1S/C43H76NO9P/c1-3-5-7-9-11-13-15-17-18-19-20-22-24-26-28-30-36-50-38-40(39-52-54(48,49)51-37-35-44)53-43(47)34-31-33-42(46)41(45)32-29-27-25-23-21-16-14-12-10-8-6-4-2/h6,8,12,14,17-18,21,23,27,29-30,36,40-42,45-46H,3-5,7,9-11,13,15-16,19-20,22,24-26,28,31-35,37-39,44H2,1-2H3,(H,48,49)/b8-6-,14-12-,18-17-,23-21-,29-27-,36-30+/t40-,41-,42-/m1/s1. The van der Waals surface area contributed by atoms with Crippen LogP contribution < -0.4 is 5.73 Å². The van der Waals surface area contributed by atoms with Gasteiger partial charge in [0.05, 0.1) is 31.7 Å². The molecule has 0 bridgehead atoms. The van der Waals surface area contributed by atoms with E-state index in [1.54, 1.807) is 6.26 Å². The molecule has 11 heteroatoms. The average Bonchev–Trinajstić information content (AvgIpc) is 3.15. The molecule has 0 aliphatic rings. The first-order chi connectivity index (χ1) is 26.3. The number of aliphatic hydroxyl groups is 2. The van der Waals surface area contributed by atoms with Crippen molar-refractivity contribution in [3.05, 3.63) is 73.1 Å². The van der Waals surface area contributed by atoms with Crippen molar-refractivity contribution in [3.8, 4) is 0 Å². The Balaban J connectivity index is 4.41. The molecule has 0 aliphatic heterocycles. The second-order valence-electron chi connectivity index (χ2n) is 13.5. The number of hydrogen-bond donors (Lipinski definition) is 4. The third-order valence-corrected chi connectivity index (χ3v) is 9.36. The van der Waals surface area contributed by atoms with Crippen molar-refractivity contribution in [1.29, 1.82) is 0 Å². The largest absolute Gasteiger partial charge is 0.498 e. The van der Waals surface area contributed by atoms with E-state index in [2.05, 4.69) is 62.5 Å². The van der Waals surface area contributed by atoms with E-state index in [0.717, 1.165) is 51.4 Å². The van der Waals surface area contributed by atoms with Crippen molar-refractivity contribution < 1.29 is 43.0 Å². The fourth-order valence-corrected chi connectivity index (χ4v) is 5.98. The number of phosphoric acid groups is 1. The third kappa shape index (κ3) is 36.7. The molecule has 0 aliphatic carbocycles. The molecule has 0 saturated carbocycles. The van der Waals surface area contributed by atoms with E-state index >= 15 is 0 Å². The third-order valence-electron chi connectivity index (χ3n) is 8.37. The first-order valence-electron chi connectivity index (χ1n) is 20.6. The molecule has 0 rings (SSSR count). The van der Waals surface area contributed by atoms with E-state index in [-0.39, 0.29) is 39.0 Å². The predicted molar refractivity (Wildman–Crippen MR) is 222 cm³/mol. The number of carbonyl (C=O) groups is 1. The van der Waals surface area contributed by atoms with Gasteiger partial charge in [0.15, 0.2) is 6.10 Å². The Hall–Kier alpha value is -2.30. The minimum absolute atomic E-state index is 0.0184. The number of ether oxygens (including phenoxy) is 2. The molecular formula is C43H76NO9P. The van der Waals surface area contributed by atoms with Gasteiger partial charge in [0.1, 0.15) is 6.61 Å². The lowest BCUT2D eigenvalue weighted by atomic mass is 10.0. The van der Waals surface area contributed by atoms with E-state index < -0.39 is 38.7 Å². The molecular weight excluding hydrogens is 705 g/mol. The van der Waals surface area contributed by atoms with Crippen LogP contribution in [0, 0.1) is 0 Å². The normalized spacial score (nSPS) is 15.4. The zero-order chi connectivity index (χ0) is 39.8. The lowest BCUT2D eigenvalue weighted by molar-refractivity contribution is -0.153. The number of carbonyl (C=O) groups excluding carboxylic acids is 1. The van der Waals surface area contributed by atoms with Gasteiger partial charge in [0.2, 0.25) is 0 Å². The molecule has 0 radical (unpaired) electrons. The maximum atomic E-state index is 12.6. The molecule has 0 spiro atoms. The first kappa shape index (κ1) is 51.7. The molecule has 0 fully saturated rings. The summed E-state index contributed by atoms with van der Waals surface area (Å²) in [5.41, 5.74) is 5.34. The highest BCUT2D eigenvalue weighted by Crippen LogP contribution is 2.43. The summed E-state index contributed by atoms with van der Waals surface area (Å²) >= 11 is 0. The summed E-state index contributed by atoms with van der Waals surface area (Å²) in [5, 5.41) is 20.7. The van der Waals surface area contributed by atoms with Crippen molar-refractivity contribution in [1.82, 2.24) is 0 Å². The summed E-state index contributed by atoms with van der Waals surface area (Å²) in [5.74, 6) is -0.579. The Morgan fingerprint density at radius 1 is 0.667 bits per heavy atom. The summed E-state index contributed by atoms with van der Waals surface area (Å²) < 4.78 is 32.9. The molecule has 4 atom stereocenters. The molecule has 0 saturated heterocycles. The zero-order valence-corrected chi connectivity index (χ0v) is 34.5. The Morgan fingerprint density at radius 2 is 1.22 bits per heavy atom. The van der Waals surface area contributed by atoms with Crippen LogP contribution in [0.25, 0.3) is 0 Å². The lowest BCUT2D eigenvalue weighted by Crippen LogP contribution is -2.28. The monoisotopic (exact) mass is 782 g/mol. The van der Waals surface area contributed by atoms with Gasteiger partial charge in [0.25, 0.3) is 0 Å². The van der Waals surface area contributed by atoms with Crippen molar-refractivity contribution in [3.63, 3.8) is 0 Å². The summed E-state index contributed by atoms with van der Waals surface area (Å²) in [6.45, 7) is 3.74. The van der Waals surface area contributed by atoms with Crippen molar-refractivity contribution in [2.75, 3.05) is 26.4 Å². The van der Waals surface area contributed by atoms with Gasteiger partial charge in [-0.25, -0.2) is 4.57 Å². The Labute approximate surface area is 328 Å². The average molecular weight is 782 g/mol. The summed E-state index contributed by atoms with van der Waals surface area (Å²) in [6, 6.07) is 0. The summed E-state index contributed by atoms with van der Waals surface area (Å²) in [4.78, 5) is 22.5. The van der Waals surface area contributed by atoms with Crippen LogP contribution in [0.15, 0.2) is 73.1 Å². The highest BCUT2D eigenvalue weighted by Gasteiger charge is 2.25. The maximum Gasteiger partial charge on any atom is 0.472 e. The van der Waals surface area contributed by atoms with E-state index in [1.165, 1.54) is 57.8 Å². The van der Waals surface area contributed by atoms with Gasteiger partial charge < -0.3 is 30.3 Å². The second-order valence-corrected chi connectivity index (χ2v) is 14.9. The molecule has 0 aromatic carbocycles. The fraction of sp³-hybridized carbons (Fsp3) is 0.698. The molecule has 0 aromatic heterocycles. The summed E-state index contributed by atoms with van der Waals surface area (Å²) in [7, 11) is -4.38. The van der Waals surface area contributed by atoms with Crippen molar-refractivity contribution in [2.45, 2.75) is 167 Å². The smallest absolute Gasteiger partial charge is 0.472 e. The molecule has 54 heavy (non-hydrogen) atoms. The van der Waals surface area contributed by atoms with Gasteiger partial charge in [-0.3, -0.25) is 13.8 Å². The van der Waals surface area contributed by atoms with Gasteiger partial charge in [-0.1, -0.05) is 120 Å². The molecule has 312 valence electrons. The molecule has 0 amide bonds. The Kier molecular flexibility index (Phi) is 37.3. The van der Waals surface area contributed by atoms with E-state index in [9.17, 15) is 24.5 Å². The van der Waals surface area contributed by atoms with Crippen LogP contribution in [0.5, 0.6) is 0 Å². The van der Waals surface area contributed by atoms with Gasteiger partial charge in [-0.15, -0.1) is 0 Å². The number of esters is 1. The topological polar surface area (TPSA) is 158 Å². The molecule has 5 N–H and O–H groups in total. The van der Waals surface area contributed by atoms with Gasteiger partial charge >= 0.3 is 13.8 Å². The van der Waals surface area contributed by atoms with Gasteiger partial charge in [-0.2, -0.15) is 0 Å². The van der Waals surface area contributed by atoms with Crippen LogP contribution >= 0.6 is 7.82 Å². The first-order valence-corrected chi connectivity index (χ1v) is 22.1. The van der Waals surface area contributed by atoms with Crippen molar-refractivity contribution in [2.24, 2.45) is 5.73 Å². The van der Waals surface area contributed by atoms with E-state index in [0.29, 0.717) is 6.42 Å². The van der Waals surface area contributed by atoms with Crippen LogP contribution in [0.4, 0.5) is 0 Å². The Bertz CT molecular complexity index is 1090. The highest BCUT2D eigenvalue weighted by molar-refractivity contribution is 7.47. The summed E-state index contributed by atoms with van der Waals surface area (Å²) in [6.07, 6.45) is 41.8.